The molecule has 8 unspecified atom stereocenters. The van der Waals surface area contributed by atoms with Crippen molar-refractivity contribution < 1.29 is 58.4 Å². The lowest BCUT2D eigenvalue weighted by Gasteiger charge is -2.49. The average Bonchev–Trinajstić information content (AvgIpc) is 3.56. The van der Waals surface area contributed by atoms with Crippen LogP contribution in [0.4, 0.5) is 0 Å². The average molecular weight is 870 g/mol. The first-order valence-electron chi connectivity index (χ1n) is 22.9. The van der Waals surface area contributed by atoms with Gasteiger partial charge in [0, 0.05) is 44.5 Å². The van der Waals surface area contributed by atoms with Crippen molar-refractivity contribution in [2.45, 2.75) is 198 Å². The van der Waals surface area contributed by atoms with Crippen molar-refractivity contribution in [1.29, 1.82) is 0 Å². The summed E-state index contributed by atoms with van der Waals surface area (Å²) in [5.74, 6) is -2.84. The lowest BCUT2D eigenvalue weighted by molar-refractivity contribution is -0.319. The van der Waals surface area contributed by atoms with Gasteiger partial charge in [-0.3, -0.25) is 9.69 Å². The molecule has 0 amide bonds. The van der Waals surface area contributed by atoms with E-state index in [9.17, 15) is 25.2 Å². The van der Waals surface area contributed by atoms with Gasteiger partial charge in [0.25, 0.3) is 0 Å². The van der Waals surface area contributed by atoms with Gasteiger partial charge in [0.15, 0.2) is 12.6 Å². The molecule has 0 spiro atoms. The highest BCUT2D eigenvalue weighted by molar-refractivity contribution is 5.73. The zero-order chi connectivity index (χ0) is 45.3. The second-order valence-corrected chi connectivity index (χ2v) is 19.7. The van der Waals surface area contributed by atoms with Crippen LogP contribution in [0.15, 0.2) is 60.7 Å². The maximum absolute atomic E-state index is 14.6. The van der Waals surface area contributed by atoms with E-state index in [1.54, 1.807) is 27.7 Å². The van der Waals surface area contributed by atoms with E-state index < -0.39 is 102 Å². The molecular formula is C49H75NO12. The summed E-state index contributed by atoms with van der Waals surface area (Å²) in [5.41, 5.74) is -1.60. The van der Waals surface area contributed by atoms with E-state index in [0.717, 1.165) is 11.1 Å². The molecule has 4 fully saturated rings. The van der Waals surface area contributed by atoms with Gasteiger partial charge in [0.2, 0.25) is 0 Å². The number of aliphatic hydroxyl groups excluding tert-OH is 3. The number of ether oxygens (including phenoxy) is 7. The summed E-state index contributed by atoms with van der Waals surface area (Å²) < 4.78 is 46.2. The van der Waals surface area contributed by atoms with E-state index in [1.165, 1.54) is 14.0 Å². The van der Waals surface area contributed by atoms with Crippen LogP contribution >= 0.6 is 0 Å². The number of nitrogens with zero attached hydrogens (tertiary/aromatic N) is 1. The fourth-order valence-electron chi connectivity index (χ4n) is 11.0. The minimum Gasteiger partial charge on any atom is -0.459 e. The monoisotopic (exact) mass is 870 g/mol. The Bertz CT molecular complexity index is 1690. The molecule has 2 bridgehead atoms. The highest BCUT2D eigenvalue weighted by Gasteiger charge is 2.59. The lowest BCUT2D eigenvalue weighted by Crippen LogP contribution is -2.60. The molecule has 4 N–H and O–H groups in total. The molecule has 4 heterocycles. The predicted octanol–water partition coefficient (Wildman–Crippen LogP) is 5.76. The third-order valence-corrected chi connectivity index (χ3v) is 14.6. The van der Waals surface area contributed by atoms with Crippen molar-refractivity contribution in [2.24, 2.45) is 23.7 Å². The van der Waals surface area contributed by atoms with Gasteiger partial charge in [-0.2, -0.15) is 0 Å². The Morgan fingerprint density at radius 1 is 0.887 bits per heavy atom. The molecule has 2 aromatic carbocycles. The Kier molecular flexibility index (Phi) is 15.7. The van der Waals surface area contributed by atoms with E-state index in [-0.39, 0.29) is 30.9 Å². The minimum atomic E-state index is -1.81. The van der Waals surface area contributed by atoms with Crippen LogP contribution in [0.2, 0.25) is 0 Å². The highest BCUT2D eigenvalue weighted by atomic mass is 16.7. The van der Waals surface area contributed by atoms with Crippen molar-refractivity contribution in [3.8, 4) is 0 Å². The van der Waals surface area contributed by atoms with Gasteiger partial charge < -0.3 is 53.6 Å². The summed E-state index contributed by atoms with van der Waals surface area (Å²) in [5, 5.41) is 46.7. The van der Waals surface area contributed by atoms with Gasteiger partial charge in [0.1, 0.15) is 23.9 Å². The molecule has 0 radical (unpaired) electrons. The molecule has 4 aliphatic heterocycles. The van der Waals surface area contributed by atoms with Crippen LogP contribution in [0, 0.1) is 23.7 Å². The highest BCUT2D eigenvalue weighted by Crippen LogP contribution is 2.48. The van der Waals surface area contributed by atoms with E-state index in [0.29, 0.717) is 25.9 Å². The van der Waals surface area contributed by atoms with E-state index in [1.807, 2.05) is 64.1 Å². The summed E-state index contributed by atoms with van der Waals surface area (Å²) in [7, 11) is 1.54. The van der Waals surface area contributed by atoms with Crippen LogP contribution < -0.4 is 0 Å². The van der Waals surface area contributed by atoms with Gasteiger partial charge in [-0.25, -0.2) is 0 Å². The second-order valence-electron chi connectivity index (χ2n) is 19.7. The Morgan fingerprint density at radius 3 is 2.05 bits per heavy atom. The molecule has 0 saturated carbocycles. The van der Waals surface area contributed by atoms with Crippen molar-refractivity contribution >= 4 is 5.97 Å². The molecule has 4 aliphatic rings. The van der Waals surface area contributed by atoms with Gasteiger partial charge >= 0.3 is 5.97 Å². The topological polar surface area (TPSA) is 166 Å². The molecule has 13 heteroatoms. The predicted molar refractivity (Wildman–Crippen MR) is 232 cm³/mol. The largest absolute Gasteiger partial charge is 0.459 e. The minimum absolute atomic E-state index is 0.0946. The zero-order valence-corrected chi connectivity index (χ0v) is 38.8. The fraction of sp³-hybridized carbons (Fsp3) is 0.735. The van der Waals surface area contributed by atoms with Gasteiger partial charge in [0.05, 0.1) is 53.7 Å². The summed E-state index contributed by atoms with van der Waals surface area (Å²) in [6.45, 7) is 19.6. The summed E-state index contributed by atoms with van der Waals surface area (Å²) in [6.07, 6.45) is -8.04. The summed E-state index contributed by atoms with van der Waals surface area (Å²) in [6, 6.07) is 20.1. The summed E-state index contributed by atoms with van der Waals surface area (Å²) >= 11 is 0. The molecule has 6 rings (SSSR count). The maximum atomic E-state index is 14.6. The molecule has 2 aromatic rings. The Hall–Kier alpha value is -2.53. The van der Waals surface area contributed by atoms with Crippen molar-refractivity contribution in [3.63, 3.8) is 0 Å². The SMILES string of the molecule is CC[C@@H](O)[C@@](C)(O)[C@@H]1OC(=O)[C@H](C)[C@@H](O[C@H]2CC(C)(OC)[C@@H](O)C(C)O2)[C@H](C)[C@@H](O[C@@H]2OC(C)CC(N(Cc3ccccc3)Cc3ccccc3)C2O)C2(C)CC(C)C(O2)[C@@H]1C. The number of hydrogen-bond donors (Lipinski definition) is 4. The van der Waals surface area contributed by atoms with Crippen LogP contribution in [-0.4, -0.2) is 129 Å². The number of carbonyl (C=O) groups is 1. The first-order chi connectivity index (χ1) is 29.2. The fourth-order valence-corrected chi connectivity index (χ4v) is 11.0. The quantitative estimate of drug-likeness (QED) is 0.180. The lowest BCUT2D eigenvalue weighted by atomic mass is 9.76. The van der Waals surface area contributed by atoms with E-state index in [2.05, 4.69) is 36.1 Å². The standard InChI is InChI=1S/C49H75NO12/c1-12-37(51)49(10,55)44-30(4)40-28(2)24-48(9,62-40)43(31(5)41(32(6)45(54)60-44)59-38-25-47(8,56-11)42(53)33(7)58-38)61-46-39(52)36(23-29(3)57-46)50(26-34-19-15-13-16-20-34)27-35-21-17-14-18-22-35/h13-22,28-33,36-44,46,51-53,55H,12,23-27H2,1-11H3/t28?,29?,30-,31-,32+,33?,36?,37+,38-,39?,40?,41-,42-,43+,44+,46-,47?,48?,49+/m0/s1. The smallest absolute Gasteiger partial charge is 0.311 e. The van der Waals surface area contributed by atoms with Gasteiger partial charge in [-0.05, 0) is 77.8 Å². The number of esters is 1. The Balaban J connectivity index is 1.40. The molecule has 19 atom stereocenters. The van der Waals surface area contributed by atoms with Crippen molar-refractivity contribution in [1.82, 2.24) is 4.90 Å². The number of hydrogen-bond acceptors (Lipinski definition) is 13. The first-order valence-corrected chi connectivity index (χ1v) is 22.9. The number of fused-ring (bicyclic) bond motifs is 2. The second kappa shape index (κ2) is 19.9. The molecule has 4 saturated heterocycles. The molecule has 62 heavy (non-hydrogen) atoms. The Morgan fingerprint density at radius 2 is 1.48 bits per heavy atom. The molecule has 348 valence electrons. The molecular weight excluding hydrogens is 795 g/mol. The zero-order valence-electron chi connectivity index (χ0n) is 38.8. The number of aliphatic hydroxyl groups is 4. The van der Waals surface area contributed by atoms with Crippen molar-refractivity contribution in [3.05, 3.63) is 71.8 Å². The maximum Gasteiger partial charge on any atom is 0.311 e. The summed E-state index contributed by atoms with van der Waals surface area (Å²) in [4.78, 5) is 16.9. The molecule has 0 aliphatic carbocycles. The number of carbonyl (C=O) groups excluding carboxylic acids is 1. The third kappa shape index (κ3) is 10.3. The number of rotatable bonds is 13. The van der Waals surface area contributed by atoms with Crippen LogP contribution in [0.3, 0.4) is 0 Å². The number of methoxy groups -OCH3 is 1. The first kappa shape index (κ1) is 48.9. The van der Waals surface area contributed by atoms with Crippen molar-refractivity contribution in [2.75, 3.05) is 7.11 Å². The number of cyclic esters (lactones) is 1. The van der Waals surface area contributed by atoms with Crippen LogP contribution in [0.25, 0.3) is 0 Å². The van der Waals surface area contributed by atoms with Crippen LogP contribution in [0.5, 0.6) is 0 Å². The van der Waals surface area contributed by atoms with Gasteiger partial charge in [-0.1, -0.05) is 88.4 Å². The molecule has 0 aromatic heterocycles. The Labute approximate surface area is 369 Å². The van der Waals surface area contributed by atoms with Crippen LogP contribution in [-0.2, 0) is 51.0 Å². The number of benzene rings is 2. The van der Waals surface area contributed by atoms with E-state index >= 15 is 0 Å². The van der Waals surface area contributed by atoms with Crippen LogP contribution in [0.1, 0.15) is 106 Å². The van der Waals surface area contributed by atoms with Gasteiger partial charge in [-0.15, -0.1) is 0 Å². The molecule has 13 nitrogen and oxygen atoms in total. The van der Waals surface area contributed by atoms with E-state index in [4.69, 9.17) is 33.2 Å². The third-order valence-electron chi connectivity index (χ3n) is 14.6. The normalized spacial score (nSPS) is 42.1.